The Hall–Kier alpha value is -2.84. The molecule has 0 aliphatic carbocycles. The molecule has 0 saturated heterocycles. The summed E-state index contributed by atoms with van der Waals surface area (Å²) in [7, 11) is 0. The van der Waals surface area contributed by atoms with E-state index in [0.29, 0.717) is 22.3 Å². The summed E-state index contributed by atoms with van der Waals surface area (Å²) in [6.07, 6.45) is 4.81. The first kappa shape index (κ1) is 19.5. The zero-order valence-electron chi connectivity index (χ0n) is 16.5. The van der Waals surface area contributed by atoms with Gasteiger partial charge in [0, 0.05) is 10.4 Å². The zero-order chi connectivity index (χ0) is 20.4. The van der Waals surface area contributed by atoms with Gasteiger partial charge in [-0.25, -0.2) is 4.39 Å². The third-order valence-electron chi connectivity index (χ3n) is 5.34. The number of furan rings is 1. The summed E-state index contributed by atoms with van der Waals surface area (Å²) in [5.41, 5.74) is 4.16. The van der Waals surface area contributed by atoms with E-state index in [2.05, 4.69) is 26.0 Å². The topological polar surface area (TPSA) is 13.1 Å². The van der Waals surface area contributed by atoms with E-state index in [1.807, 2.05) is 54.6 Å². The van der Waals surface area contributed by atoms with Crippen molar-refractivity contribution in [2.45, 2.75) is 26.2 Å². The van der Waals surface area contributed by atoms with Gasteiger partial charge >= 0.3 is 0 Å². The van der Waals surface area contributed by atoms with Crippen molar-refractivity contribution in [3.8, 4) is 11.3 Å². The third-order valence-corrected chi connectivity index (χ3v) is 5.69. The van der Waals surface area contributed by atoms with E-state index in [-0.39, 0.29) is 5.82 Å². The molecule has 0 radical (unpaired) electrons. The molecule has 0 N–H and O–H groups in total. The first-order valence-electron chi connectivity index (χ1n) is 9.81. The first-order valence-corrected chi connectivity index (χ1v) is 10.2. The lowest BCUT2D eigenvalue weighted by atomic mass is 9.97. The quantitative estimate of drug-likeness (QED) is 0.303. The average molecular weight is 405 g/mol. The van der Waals surface area contributed by atoms with Gasteiger partial charge in [-0.15, -0.1) is 0 Å². The maximum Gasteiger partial charge on any atom is 0.138 e. The minimum Gasteiger partial charge on any atom is -0.456 e. The van der Waals surface area contributed by atoms with Crippen molar-refractivity contribution in [3.63, 3.8) is 0 Å². The van der Waals surface area contributed by atoms with Crippen LogP contribution in [0.15, 0.2) is 71.1 Å². The summed E-state index contributed by atoms with van der Waals surface area (Å²) in [6.45, 7) is 4.38. The van der Waals surface area contributed by atoms with Gasteiger partial charge in [-0.3, -0.25) is 0 Å². The molecular weight excluding hydrogens is 383 g/mol. The lowest BCUT2D eigenvalue weighted by Gasteiger charge is -2.07. The summed E-state index contributed by atoms with van der Waals surface area (Å²) in [6, 6.07) is 20.8. The maximum absolute atomic E-state index is 14.8. The Bertz CT molecular complexity index is 1190. The summed E-state index contributed by atoms with van der Waals surface area (Å²) < 4.78 is 20.7. The molecule has 0 fully saturated rings. The van der Waals surface area contributed by atoms with Crippen molar-refractivity contribution in [1.29, 1.82) is 0 Å². The highest BCUT2D eigenvalue weighted by atomic mass is 35.5. The molecule has 1 nitrogen and oxygen atoms in total. The minimum absolute atomic E-state index is 0.312. The summed E-state index contributed by atoms with van der Waals surface area (Å²) >= 11 is 6.17. The van der Waals surface area contributed by atoms with Gasteiger partial charge in [0.25, 0.3) is 0 Å². The van der Waals surface area contributed by atoms with E-state index in [9.17, 15) is 4.39 Å². The SMILES string of the molecule is CCC(C)c1ccc2oc(-c3ccc(/C=C/c4ccccc4Cl)cc3F)cc2c1. The van der Waals surface area contributed by atoms with E-state index in [1.54, 1.807) is 6.07 Å². The highest BCUT2D eigenvalue weighted by Crippen LogP contribution is 2.32. The molecule has 29 heavy (non-hydrogen) atoms. The standard InChI is InChI=1S/C26H22ClFO/c1-3-17(2)20-11-13-25-21(15-20)16-26(29-25)22-12-9-18(14-24(22)28)8-10-19-6-4-5-7-23(19)27/h4-17H,3H2,1-2H3/b10-8+. The second-order valence-corrected chi connectivity index (χ2v) is 7.72. The van der Waals surface area contributed by atoms with E-state index in [1.165, 1.54) is 11.6 Å². The molecule has 0 aliphatic heterocycles. The maximum atomic E-state index is 14.8. The van der Waals surface area contributed by atoms with Crippen LogP contribution in [0.5, 0.6) is 0 Å². The Kier molecular flexibility index (Phi) is 5.55. The fourth-order valence-corrected chi connectivity index (χ4v) is 3.57. The van der Waals surface area contributed by atoms with Gasteiger partial charge in [0.1, 0.15) is 17.2 Å². The van der Waals surface area contributed by atoms with Crippen LogP contribution < -0.4 is 0 Å². The molecule has 0 saturated carbocycles. The number of hydrogen-bond donors (Lipinski definition) is 0. The van der Waals surface area contributed by atoms with Crippen LogP contribution in [0.4, 0.5) is 4.39 Å². The van der Waals surface area contributed by atoms with Gasteiger partial charge in [0.2, 0.25) is 0 Å². The second-order valence-electron chi connectivity index (χ2n) is 7.31. The van der Waals surface area contributed by atoms with Crippen LogP contribution in [0.2, 0.25) is 5.02 Å². The Morgan fingerprint density at radius 3 is 2.59 bits per heavy atom. The van der Waals surface area contributed by atoms with Crippen LogP contribution in [0.1, 0.15) is 42.9 Å². The summed E-state index contributed by atoms with van der Waals surface area (Å²) in [5.74, 6) is 0.714. The number of halogens is 2. The van der Waals surface area contributed by atoms with Gasteiger partial charge < -0.3 is 4.42 Å². The fraction of sp³-hybridized carbons (Fsp3) is 0.154. The summed E-state index contributed by atoms with van der Waals surface area (Å²) in [4.78, 5) is 0. The normalized spacial score (nSPS) is 12.7. The molecule has 1 atom stereocenters. The van der Waals surface area contributed by atoms with Crippen molar-refractivity contribution in [2.24, 2.45) is 0 Å². The van der Waals surface area contributed by atoms with Crippen LogP contribution in [0.3, 0.4) is 0 Å². The number of benzene rings is 3. The average Bonchev–Trinajstić information content (AvgIpc) is 3.15. The first-order chi connectivity index (χ1) is 14.0. The molecule has 0 bridgehead atoms. The van der Waals surface area contributed by atoms with Crippen molar-refractivity contribution in [1.82, 2.24) is 0 Å². The second kappa shape index (κ2) is 8.26. The van der Waals surface area contributed by atoms with E-state index in [0.717, 1.165) is 28.5 Å². The van der Waals surface area contributed by atoms with Gasteiger partial charge in [0.15, 0.2) is 0 Å². The molecule has 3 aromatic carbocycles. The van der Waals surface area contributed by atoms with Gasteiger partial charge in [-0.1, -0.05) is 67.9 Å². The number of fused-ring (bicyclic) bond motifs is 1. The minimum atomic E-state index is -0.312. The molecule has 3 heteroatoms. The van der Waals surface area contributed by atoms with Crippen LogP contribution in [0.25, 0.3) is 34.4 Å². The largest absolute Gasteiger partial charge is 0.456 e. The Morgan fingerprint density at radius 2 is 1.83 bits per heavy atom. The lowest BCUT2D eigenvalue weighted by Crippen LogP contribution is -1.89. The molecule has 146 valence electrons. The summed E-state index contributed by atoms with van der Waals surface area (Å²) in [5, 5.41) is 1.67. The van der Waals surface area contributed by atoms with Crippen LogP contribution in [-0.4, -0.2) is 0 Å². The predicted octanol–water partition coefficient (Wildman–Crippen LogP) is 8.58. The molecule has 1 heterocycles. The van der Waals surface area contributed by atoms with Gasteiger partial charge in [-0.2, -0.15) is 0 Å². The van der Waals surface area contributed by atoms with Crippen molar-refractivity contribution >= 4 is 34.7 Å². The number of hydrogen-bond acceptors (Lipinski definition) is 1. The zero-order valence-corrected chi connectivity index (χ0v) is 17.2. The van der Waals surface area contributed by atoms with Crippen molar-refractivity contribution in [3.05, 3.63) is 94.3 Å². The van der Waals surface area contributed by atoms with E-state index >= 15 is 0 Å². The molecule has 1 unspecified atom stereocenters. The molecule has 1 aromatic heterocycles. The Labute approximate surface area is 175 Å². The highest BCUT2D eigenvalue weighted by molar-refractivity contribution is 6.32. The van der Waals surface area contributed by atoms with E-state index in [4.69, 9.17) is 16.0 Å². The van der Waals surface area contributed by atoms with Crippen LogP contribution in [0, 0.1) is 5.82 Å². The van der Waals surface area contributed by atoms with Crippen molar-refractivity contribution < 1.29 is 8.81 Å². The predicted molar refractivity (Wildman–Crippen MR) is 121 cm³/mol. The molecule has 4 rings (SSSR count). The van der Waals surface area contributed by atoms with Gasteiger partial charge in [0.05, 0.1) is 5.56 Å². The number of rotatable bonds is 5. The smallest absolute Gasteiger partial charge is 0.138 e. The molecular formula is C26H22ClFO. The molecule has 4 aromatic rings. The lowest BCUT2D eigenvalue weighted by molar-refractivity contribution is 0.601. The monoisotopic (exact) mass is 404 g/mol. The van der Waals surface area contributed by atoms with Gasteiger partial charge in [-0.05, 0) is 65.4 Å². The molecule has 0 spiro atoms. The Balaban J connectivity index is 1.63. The van der Waals surface area contributed by atoms with Crippen LogP contribution >= 0.6 is 11.6 Å². The van der Waals surface area contributed by atoms with Crippen molar-refractivity contribution in [2.75, 3.05) is 0 Å². The van der Waals surface area contributed by atoms with E-state index < -0.39 is 0 Å². The fourth-order valence-electron chi connectivity index (χ4n) is 3.37. The third kappa shape index (κ3) is 4.13. The highest BCUT2D eigenvalue weighted by Gasteiger charge is 2.13. The Morgan fingerprint density at radius 1 is 1.00 bits per heavy atom. The molecule has 0 aliphatic rings. The van der Waals surface area contributed by atoms with Crippen LogP contribution in [-0.2, 0) is 0 Å². The molecule has 0 amide bonds.